The van der Waals surface area contributed by atoms with Crippen molar-refractivity contribution in [2.45, 2.75) is 118 Å². The average molecular weight is 631 g/mol. The zero-order chi connectivity index (χ0) is 33.2. The van der Waals surface area contributed by atoms with Crippen LogP contribution >= 0.6 is 0 Å². The van der Waals surface area contributed by atoms with Crippen molar-refractivity contribution in [2.24, 2.45) is 17.8 Å². The van der Waals surface area contributed by atoms with E-state index in [2.05, 4.69) is 101 Å². The van der Waals surface area contributed by atoms with Crippen molar-refractivity contribution in [3.8, 4) is 0 Å². The van der Waals surface area contributed by atoms with Crippen molar-refractivity contribution < 1.29 is 9.59 Å². The summed E-state index contributed by atoms with van der Waals surface area (Å²) in [6.07, 6.45) is 16.7. The van der Waals surface area contributed by atoms with Crippen LogP contribution in [-0.2, 0) is 11.2 Å². The Morgan fingerprint density at radius 1 is 0.681 bits per heavy atom. The van der Waals surface area contributed by atoms with Crippen LogP contribution in [0.1, 0.15) is 138 Å². The molecule has 0 saturated heterocycles. The van der Waals surface area contributed by atoms with Gasteiger partial charge in [0.2, 0.25) is 5.91 Å². The first-order chi connectivity index (χ1) is 22.6. The second-order valence-corrected chi connectivity index (χ2v) is 14.9. The Bertz CT molecular complexity index is 1670. The van der Waals surface area contributed by atoms with Crippen LogP contribution in [0.15, 0.2) is 70.8 Å². The highest BCUT2D eigenvalue weighted by Gasteiger charge is 2.28. The molecule has 2 amide bonds. The molecule has 6 rings (SSSR count). The van der Waals surface area contributed by atoms with E-state index in [1.54, 1.807) is 0 Å². The zero-order valence-corrected chi connectivity index (χ0v) is 29.5. The summed E-state index contributed by atoms with van der Waals surface area (Å²) in [5.74, 6) is 0.875. The van der Waals surface area contributed by atoms with Crippen LogP contribution in [-0.4, -0.2) is 17.9 Å². The lowest BCUT2D eigenvalue weighted by atomic mass is 9.86. The SMILES string of the molecule is CC1=CC(C)C(c2cc(Cc3ccc(C(=O)NC4CCCCC4)c(C4=C(C)C(C)=CC4C)c3)ccc2NC(=O)C2CCCCC2)=C1C. The van der Waals surface area contributed by atoms with Gasteiger partial charge in [-0.05, 0) is 117 Å². The molecule has 2 unspecified atom stereocenters. The Labute approximate surface area is 282 Å². The molecule has 4 heteroatoms. The van der Waals surface area contributed by atoms with Crippen molar-refractivity contribution in [1.29, 1.82) is 0 Å². The lowest BCUT2D eigenvalue weighted by molar-refractivity contribution is -0.120. The van der Waals surface area contributed by atoms with E-state index in [0.717, 1.165) is 67.3 Å². The second-order valence-electron chi connectivity index (χ2n) is 14.9. The fourth-order valence-electron chi connectivity index (χ4n) is 8.67. The fourth-order valence-corrected chi connectivity index (χ4v) is 8.67. The summed E-state index contributed by atoms with van der Waals surface area (Å²) >= 11 is 0. The van der Waals surface area contributed by atoms with E-state index in [9.17, 15) is 9.59 Å². The summed E-state index contributed by atoms with van der Waals surface area (Å²) in [5.41, 5.74) is 14.1. The maximum absolute atomic E-state index is 13.8. The summed E-state index contributed by atoms with van der Waals surface area (Å²) in [5, 5.41) is 6.75. The van der Waals surface area contributed by atoms with Crippen LogP contribution in [0, 0.1) is 17.8 Å². The van der Waals surface area contributed by atoms with E-state index in [4.69, 9.17) is 0 Å². The minimum absolute atomic E-state index is 0.0522. The molecule has 248 valence electrons. The number of nitrogens with one attached hydrogen (secondary N) is 2. The van der Waals surface area contributed by atoms with Gasteiger partial charge < -0.3 is 10.6 Å². The third-order valence-corrected chi connectivity index (χ3v) is 11.5. The van der Waals surface area contributed by atoms with Gasteiger partial charge in [-0.25, -0.2) is 0 Å². The first-order valence-electron chi connectivity index (χ1n) is 18.3. The summed E-state index contributed by atoms with van der Waals surface area (Å²) in [7, 11) is 0. The van der Waals surface area contributed by atoms with E-state index in [-0.39, 0.29) is 29.7 Å². The average Bonchev–Trinajstić information content (AvgIpc) is 3.47. The van der Waals surface area contributed by atoms with Crippen LogP contribution in [0.4, 0.5) is 5.69 Å². The quantitative estimate of drug-likeness (QED) is 0.305. The molecule has 2 fully saturated rings. The molecule has 0 radical (unpaired) electrons. The molecule has 2 saturated carbocycles. The topological polar surface area (TPSA) is 58.2 Å². The Kier molecular flexibility index (Phi) is 10.1. The lowest BCUT2D eigenvalue weighted by Crippen LogP contribution is -2.36. The number of carbonyl (C=O) groups is 2. The first-order valence-corrected chi connectivity index (χ1v) is 18.3. The molecular formula is C43H54N2O2. The Morgan fingerprint density at radius 3 is 1.79 bits per heavy atom. The molecule has 47 heavy (non-hydrogen) atoms. The number of allylic oxidation sites excluding steroid dienone is 8. The maximum atomic E-state index is 13.8. The third-order valence-electron chi connectivity index (χ3n) is 11.5. The van der Waals surface area contributed by atoms with Gasteiger partial charge in [0.15, 0.2) is 0 Å². The van der Waals surface area contributed by atoms with E-state index >= 15 is 0 Å². The summed E-state index contributed by atoms with van der Waals surface area (Å²) in [6.45, 7) is 13.3. The molecule has 4 aliphatic rings. The van der Waals surface area contributed by atoms with E-state index < -0.39 is 0 Å². The molecule has 4 aliphatic carbocycles. The molecule has 2 N–H and O–H groups in total. The zero-order valence-electron chi connectivity index (χ0n) is 29.5. The van der Waals surface area contributed by atoms with Gasteiger partial charge in [0.25, 0.3) is 5.91 Å². The smallest absolute Gasteiger partial charge is 0.252 e. The van der Waals surface area contributed by atoms with Crippen LogP contribution in [0.3, 0.4) is 0 Å². The highest BCUT2D eigenvalue weighted by Crippen LogP contribution is 2.42. The second kappa shape index (κ2) is 14.2. The molecule has 0 aromatic heterocycles. The fraction of sp³-hybridized carbons (Fsp3) is 0.488. The molecule has 0 spiro atoms. The van der Waals surface area contributed by atoms with E-state index in [1.165, 1.54) is 70.2 Å². The van der Waals surface area contributed by atoms with Crippen molar-refractivity contribution in [1.82, 2.24) is 5.32 Å². The van der Waals surface area contributed by atoms with E-state index in [0.29, 0.717) is 5.92 Å². The number of anilines is 1. The minimum atomic E-state index is 0.0522. The molecular weight excluding hydrogens is 576 g/mol. The van der Waals surface area contributed by atoms with Crippen LogP contribution in [0.25, 0.3) is 11.1 Å². The molecule has 0 heterocycles. The van der Waals surface area contributed by atoms with Crippen LogP contribution < -0.4 is 10.6 Å². The molecule has 4 nitrogen and oxygen atoms in total. The highest BCUT2D eigenvalue weighted by molar-refractivity contribution is 6.01. The van der Waals surface area contributed by atoms with Gasteiger partial charge in [-0.15, -0.1) is 0 Å². The molecule has 0 bridgehead atoms. The van der Waals surface area contributed by atoms with Crippen LogP contribution in [0.5, 0.6) is 0 Å². The summed E-state index contributed by atoms with van der Waals surface area (Å²) < 4.78 is 0. The minimum Gasteiger partial charge on any atom is -0.349 e. The van der Waals surface area contributed by atoms with Gasteiger partial charge in [0.05, 0.1) is 0 Å². The van der Waals surface area contributed by atoms with Gasteiger partial charge >= 0.3 is 0 Å². The van der Waals surface area contributed by atoms with Gasteiger partial charge in [-0.2, -0.15) is 0 Å². The number of amides is 2. The van der Waals surface area contributed by atoms with Gasteiger partial charge in [0.1, 0.15) is 0 Å². The first kappa shape index (κ1) is 33.2. The standard InChI is InChI=1S/C43H54N2O2/c1-26-21-28(3)40(30(26)5)37-24-32(17-19-36(37)43(47)44-35-15-11-8-12-16-35)23-33-18-20-39(45-42(46)34-13-9-7-10-14-34)38(25-33)41-29(4)22-27(2)31(41)6/h17-22,24-25,28-29,34-35H,7-16,23H2,1-6H3,(H,44,47)(H,45,46). The van der Waals surface area contributed by atoms with E-state index in [1.807, 2.05) is 0 Å². The normalized spacial score (nSPS) is 22.4. The maximum Gasteiger partial charge on any atom is 0.252 e. The summed E-state index contributed by atoms with van der Waals surface area (Å²) in [6, 6.07) is 13.3. The molecule has 2 atom stereocenters. The number of hydrogen-bond acceptors (Lipinski definition) is 2. The van der Waals surface area contributed by atoms with Crippen molar-refractivity contribution in [3.05, 3.63) is 98.7 Å². The molecule has 0 aliphatic heterocycles. The number of benzene rings is 2. The van der Waals surface area contributed by atoms with Gasteiger partial charge in [0, 0.05) is 40.6 Å². The van der Waals surface area contributed by atoms with Gasteiger partial charge in [-0.3, -0.25) is 9.59 Å². The Hall–Kier alpha value is -3.66. The number of rotatable bonds is 8. The summed E-state index contributed by atoms with van der Waals surface area (Å²) in [4.78, 5) is 27.2. The third kappa shape index (κ3) is 7.12. The van der Waals surface area contributed by atoms with Crippen molar-refractivity contribution >= 4 is 28.6 Å². The predicted octanol–water partition coefficient (Wildman–Crippen LogP) is 10.6. The number of hydrogen-bond donors (Lipinski definition) is 2. The van der Waals surface area contributed by atoms with Crippen LogP contribution in [0.2, 0.25) is 0 Å². The number of carbonyl (C=O) groups excluding carboxylic acids is 2. The predicted molar refractivity (Wildman–Crippen MR) is 196 cm³/mol. The lowest BCUT2D eigenvalue weighted by Gasteiger charge is -2.24. The Balaban J connectivity index is 1.34. The molecule has 2 aromatic carbocycles. The largest absolute Gasteiger partial charge is 0.349 e. The highest BCUT2D eigenvalue weighted by atomic mass is 16.2. The van der Waals surface area contributed by atoms with Crippen molar-refractivity contribution in [2.75, 3.05) is 5.32 Å². The van der Waals surface area contributed by atoms with Crippen molar-refractivity contribution in [3.63, 3.8) is 0 Å². The molecule has 2 aromatic rings. The monoisotopic (exact) mass is 630 g/mol. The van der Waals surface area contributed by atoms with Gasteiger partial charge in [-0.1, -0.05) is 93.9 Å². The Morgan fingerprint density at radius 2 is 1.21 bits per heavy atom.